The number of para-hydroxylation sites is 1. The number of hydrogen-bond donors (Lipinski definition) is 0. The third-order valence-corrected chi connectivity index (χ3v) is 4.00. The van der Waals surface area contributed by atoms with Crippen molar-refractivity contribution >= 4 is 11.4 Å². The van der Waals surface area contributed by atoms with Gasteiger partial charge in [-0.05, 0) is 25.0 Å². The van der Waals surface area contributed by atoms with Crippen molar-refractivity contribution in [2.24, 2.45) is 0 Å². The molecule has 1 fully saturated rings. The van der Waals surface area contributed by atoms with Crippen LogP contribution < -0.4 is 29.7 Å². The molecule has 0 N–H and O–H groups in total. The van der Waals surface area contributed by atoms with Gasteiger partial charge in [0.15, 0.2) is 0 Å². The van der Waals surface area contributed by atoms with E-state index in [2.05, 4.69) is 23.5 Å². The van der Waals surface area contributed by atoms with Gasteiger partial charge in [-0.15, -0.1) is 0 Å². The quantitative estimate of drug-likeness (QED) is 0.186. The summed E-state index contributed by atoms with van der Waals surface area (Å²) in [7, 11) is 0. The number of unbranched alkanes of at least 4 members (excludes halogenated alkanes) is 2. The van der Waals surface area contributed by atoms with E-state index in [9.17, 15) is 5.53 Å². The molecule has 0 bridgehead atoms. The Bertz CT molecular complexity index is 530. The topological polar surface area (TPSA) is 58.1 Å². The van der Waals surface area contributed by atoms with Crippen LogP contribution >= 0.6 is 0 Å². The standard InChI is InChI=1S/C18H27N3O2.2ClH.Zn/c1-3-5-12-22-17-14-16(20-19)18(23-13-6-4-2)21(17)15-10-8-7-9-11-15;;;/h7-11,17-18H,3-6,12-14H2,1-2H3;2*1H;/q;;;+2/p-2. The number of ether oxygens (including phenoxy) is 2. The fourth-order valence-corrected chi connectivity index (χ4v) is 2.70. The van der Waals surface area contributed by atoms with Gasteiger partial charge >= 0.3 is 25.2 Å². The van der Waals surface area contributed by atoms with Crippen LogP contribution in [0.4, 0.5) is 5.69 Å². The molecule has 142 valence electrons. The van der Waals surface area contributed by atoms with Gasteiger partial charge in [-0.2, -0.15) is 4.79 Å². The van der Waals surface area contributed by atoms with E-state index in [-0.39, 0.29) is 56.7 Å². The molecule has 2 atom stereocenters. The van der Waals surface area contributed by atoms with E-state index in [1.54, 1.807) is 0 Å². The fourth-order valence-electron chi connectivity index (χ4n) is 2.70. The van der Waals surface area contributed by atoms with Crippen molar-refractivity contribution < 1.29 is 58.6 Å². The van der Waals surface area contributed by atoms with E-state index in [0.717, 1.165) is 31.4 Å². The molecular weight excluding hydrogens is 427 g/mol. The molecule has 2 rings (SSSR count). The van der Waals surface area contributed by atoms with Gasteiger partial charge in [0, 0.05) is 18.9 Å². The van der Waals surface area contributed by atoms with Gasteiger partial charge in [0.05, 0.1) is 6.42 Å². The summed E-state index contributed by atoms with van der Waals surface area (Å²) >= 11 is 0. The average molecular weight is 454 g/mol. The SMILES string of the molecule is CCCCOC1CC(=[N+]=[N-])C(OCCCC)N1c1ccccc1.[Cl-].[Cl-].[Zn+2]. The smallest absolute Gasteiger partial charge is 1.00 e. The number of benzene rings is 1. The maximum atomic E-state index is 9.37. The molecule has 0 radical (unpaired) electrons. The van der Waals surface area contributed by atoms with Crippen LogP contribution in [0.2, 0.25) is 0 Å². The van der Waals surface area contributed by atoms with E-state index >= 15 is 0 Å². The van der Waals surface area contributed by atoms with E-state index in [1.807, 2.05) is 30.3 Å². The number of halogens is 2. The van der Waals surface area contributed by atoms with Crippen LogP contribution in [0.25, 0.3) is 5.53 Å². The molecule has 1 heterocycles. The normalized spacial score (nSPS) is 18.4. The summed E-state index contributed by atoms with van der Waals surface area (Å²) in [6.07, 6.45) is 4.22. The molecule has 1 aliphatic heterocycles. The second-order valence-electron chi connectivity index (χ2n) is 5.79. The first kappa shape index (κ1) is 27.7. The molecule has 1 saturated heterocycles. The molecule has 0 amide bonds. The minimum Gasteiger partial charge on any atom is -1.00 e. The molecule has 26 heavy (non-hydrogen) atoms. The first-order valence-electron chi connectivity index (χ1n) is 8.59. The summed E-state index contributed by atoms with van der Waals surface area (Å²) < 4.78 is 12.0. The minimum atomic E-state index is -0.361. The van der Waals surface area contributed by atoms with E-state index in [0.29, 0.717) is 25.3 Å². The van der Waals surface area contributed by atoms with Gasteiger partial charge in [0.25, 0.3) is 0 Å². The molecule has 2 unspecified atom stereocenters. The molecule has 0 spiro atoms. The Hall–Kier alpha value is -0.477. The first-order valence-corrected chi connectivity index (χ1v) is 8.59. The predicted octanol–water partition coefficient (Wildman–Crippen LogP) is -2.14. The number of rotatable bonds is 9. The van der Waals surface area contributed by atoms with Gasteiger partial charge in [-0.1, -0.05) is 44.9 Å². The zero-order valence-corrected chi connectivity index (χ0v) is 20.1. The molecule has 1 aliphatic rings. The Morgan fingerprint density at radius 2 is 1.62 bits per heavy atom. The molecule has 0 aliphatic carbocycles. The van der Waals surface area contributed by atoms with Gasteiger partial charge in [-0.3, -0.25) is 0 Å². The minimum absolute atomic E-state index is 0. The Balaban J connectivity index is 0. The summed E-state index contributed by atoms with van der Waals surface area (Å²) in [5.74, 6) is 0. The van der Waals surface area contributed by atoms with Gasteiger partial charge in [-0.25, -0.2) is 0 Å². The van der Waals surface area contributed by atoms with E-state index in [1.165, 1.54) is 0 Å². The van der Waals surface area contributed by atoms with Gasteiger partial charge in [0.1, 0.15) is 6.23 Å². The maximum absolute atomic E-state index is 9.37. The van der Waals surface area contributed by atoms with Crippen LogP contribution in [-0.4, -0.2) is 36.2 Å². The molecule has 5 nitrogen and oxygen atoms in total. The predicted molar refractivity (Wildman–Crippen MR) is 91.5 cm³/mol. The summed E-state index contributed by atoms with van der Waals surface area (Å²) in [6, 6.07) is 10.0. The van der Waals surface area contributed by atoms with E-state index < -0.39 is 0 Å². The van der Waals surface area contributed by atoms with Crippen molar-refractivity contribution in [3.8, 4) is 0 Å². The Kier molecular flexibility index (Phi) is 16.6. The van der Waals surface area contributed by atoms with Crippen molar-refractivity contribution in [2.75, 3.05) is 18.1 Å². The molecule has 0 saturated carbocycles. The summed E-state index contributed by atoms with van der Waals surface area (Å²) in [5.41, 5.74) is 11.0. The van der Waals surface area contributed by atoms with Crippen LogP contribution in [0.1, 0.15) is 46.0 Å². The Labute approximate surface area is 182 Å². The van der Waals surface area contributed by atoms with Crippen molar-refractivity contribution in [2.45, 2.75) is 58.4 Å². The van der Waals surface area contributed by atoms with Crippen LogP contribution in [0.15, 0.2) is 30.3 Å². The summed E-state index contributed by atoms with van der Waals surface area (Å²) in [5, 5.41) is 0. The average Bonchev–Trinajstić information content (AvgIpc) is 2.94. The van der Waals surface area contributed by atoms with E-state index in [4.69, 9.17) is 9.47 Å². The number of nitrogens with zero attached hydrogens (tertiary/aromatic N) is 3. The third-order valence-electron chi connectivity index (χ3n) is 4.00. The summed E-state index contributed by atoms with van der Waals surface area (Å²) in [4.78, 5) is 5.56. The monoisotopic (exact) mass is 451 g/mol. The second-order valence-corrected chi connectivity index (χ2v) is 5.79. The van der Waals surface area contributed by atoms with Crippen molar-refractivity contribution in [3.05, 3.63) is 35.9 Å². The molecule has 1 aromatic carbocycles. The van der Waals surface area contributed by atoms with Crippen molar-refractivity contribution in [1.82, 2.24) is 0 Å². The zero-order chi connectivity index (χ0) is 16.5. The van der Waals surface area contributed by atoms with Crippen LogP contribution in [0, 0.1) is 0 Å². The summed E-state index contributed by atoms with van der Waals surface area (Å²) in [6.45, 7) is 5.62. The molecule has 8 heteroatoms. The second kappa shape index (κ2) is 15.6. The number of hydrogen-bond acceptors (Lipinski definition) is 3. The van der Waals surface area contributed by atoms with Gasteiger partial charge < -0.3 is 44.7 Å². The van der Waals surface area contributed by atoms with Crippen LogP contribution in [-0.2, 0) is 29.0 Å². The Morgan fingerprint density at radius 1 is 1.04 bits per heavy atom. The van der Waals surface area contributed by atoms with Crippen LogP contribution in [0.5, 0.6) is 0 Å². The third kappa shape index (κ3) is 7.64. The van der Waals surface area contributed by atoms with Gasteiger partial charge in [0.2, 0.25) is 6.23 Å². The zero-order valence-electron chi connectivity index (χ0n) is 15.6. The molecule has 1 aromatic rings. The molecule has 0 aromatic heterocycles. The first-order chi connectivity index (χ1) is 11.3. The number of anilines is 1. The largest absolute Gasteiger partial charge is 2.00 e. The Morgan fingerprint density at radius 3 is 2.15 bits per heavy atom. The van der Waals surface area contributed by atoms with Crippen LogP contribution in [0.3, 0.4) is 0 Å². The van der Waals surface area contributed by atoms with Crippen molar-refractivity contribution in [1.29, 1.82) is 0 Å². The molecular formula is C18H27Cl2N3O2Zn. The fraction of sp³-hybridized carbons (Fsp3) is 0.611. The maximum Gasteiger partial charge on any atom is 2.00 e. The van der Waals surface area contributed by atoms with Crippen molar-refractivity contribution in [3.63, 3.8) is 0 Å².